The van der Waals surface area contributed by atoms with E-state index in [-0.39, 0.29) is 5.75 Å². The Morgan fingerprint density at radius 2 is 1.62 bits per heavy atom. The van der Waals surface area contributed by atoms with Crippen LogP contribution in [0.4, 0.5) is 0 Å². The molecule has 6 heteroatoms. The van der Waals surface area contributed by atoms with Crippen LogP contribution in [-0.4, -0.2) is 33.9 Å². The van der Waals surface area contributed by atoms with Gasteiger partial charge in [0.15, 0.2) is 11.5 Å². The highest BCUT2D eigenvalue weighted by atomic mass is 32.2. The largest absolute Gasteiger partial charge is 0.486 e. The number of fused-ring (bicyclic) bond motifs is 1. The van der Waals surface area contributed by atoms with Crippen LogP contribution >= 0.6 is 0 Å². The Hall–Kier alpha value is -2.05. The minimum absolute atomic E-state index is 0.124. The molecule has 0 bridgehead atoms. The monoisotopic (exact) mass is 375 g/mol. The lowest BCUT2D eigenvalue weighted by atomic mass is 10.1. The number of ether oxygens (including phenoxy) is 2. The first kappa shape index (κ1) is 18.7. The molecule has 5 nitrogen and oxygen atoms in total. The van der Waals surface area contributed by atoms with Crippen LogP contribution in [0.2, 0.25) is 0 Å². The molecule has 1 heterocycles. The van der Waals surface area contributed by atoms with E-state index in [1.165, 1.54) is 5.56 Å². The topological polar surface area (TPSA) is 64.6 Å². The number of aryl methyl sites for hydroxylation is 2. The van der Waals surface area contributed by atoms with Crippen LogP contribution in [0.25, 0.3) is 0 Å². The van der Waals surface area contributed by atoms with Gasteiger partial charge in [-0.25, -0.2) is 13.1 Å². The zero-order chi connectivity index (χ0) is 18.2. The van der Waals surface area contributed by atoms with Gasteiger partial charge < -0.3 is 9.47 Å². The molecule has 0 spiro atoms. The highest BCUT2D eigenvalue weighted by Crippen LogP contribution is 2.31. The van der Waals surface area contributed by atoms with Gasteiger partial charge in [0.05, 0.1) is 5.75 Å². The number of hydrogen-bond donors (Lipinski definition) is 1. The van der Waals surface area contributed by atoms with Gasteiger partial charge in [0.25, 0.3) is 0 Å². The van der Waals surface area contributed by atoms with Gasteiger partial charge in [0.1, 0.15) is 13.2 Å². The van der Waals surface area contributed by atoms with Crippen LogP contribution in [0.3, 0.4) is 0 Å². The predicted molar refractivity (Wildman–Crippen MR) is 102 cm³/mol. The summed E-state index contributed by atoms with van der Waals surface area (Å²) in [6.07, 6.45) is 3.15. The van der Waals surface area contributed by atoms with Crippen molar-refractivity contribution < 1.29 is 17.9 Å². The Bertz CT molecular complexity index is 806. The summed E-state index contributed by atoms with van der Waals surface area (Å²) >= 11 is 0. The molecule has 3 rings (SSSR count). The van der Waals surface area contributed by atoms with Gasteiger partial charge >= 0.3 is 0 Å². The van der Waals surface area contributed by atoms with Gasteiger partial charge in [0, 0.05) is 6.54 Å². The molecular weight excluding hydrogens is 350 g/mol. The maximum atomic E-state index is 12.1. The van der Waals surface area contributed by atoms with Gasteiger partial charge in [-0.15, -0.1) is 0 Å². The minimum Gasteiger partial charge on any atom is -0.486 e. The van der Waals surface area contributed by atoms with Crippen LogP contribution in [0, 0.1) is 0 Å². The third kappa shape index (κ3) is 5.75. The Kier molecular flexibility index (Phi) is 6.52. The third-order valence-electron chi connectivity index (χ3n) is 4.32. The molecule has 26 heavy (non-hydrogen) atoms. The fourth-order valence-electron chi connectivity index (χ4n) is 2.89. The SMILES string of the molecule is O=S(=O)(CCc1ccccc1)NCCCCc1ccc2c(c1)OCCO2. The third-order valence-corrected chi connectivity index (χ3v) is 5.71. The van der Waals surface area contributed by atoms with Crippen LogP contribution in [0.1, 0.15) is 24.0 Å². The fraction of sp³-hybridized carbons (Fsp3) is 0.400. The van der Waals surface area contributed by atoms with Crippen molar-refractivity contribution in [3.8, 4) is 11.5 Å². The molecule has 0 fully saturated rings. The van der Waals surface area contributed by atoms with Crippen molar-refractivity contribution in [2.24, 2.45) is 0 Å². The van der Waals surface area contributed by atoms with Crippen LogP contribution < -0.4 is 14.2 Å². The molecule has 0 atom stereocenters. The van der Waals surface area contributed by atoms with E-state index in [2.05, 4.69) is 4.72 Å². The minimum atomic E-state index is -3.22. The highest BCUT2D eigenvalue weighted by molar-refractivity contribution is 7.89. The molecule has 0 radical (unpaired) electrons. The molecule has 0 aliphatic carbocycles. The van der Waals surface area contributed by atoms with E-state index in [1.54, 1.807) is 0 Å². The van der Waals surface area contributed by atoms with Crippen molar-refractivity contribution in [3.63, 3.8) is 0 Å². The number of sulfonamides is 1. The fourth-order valence-corrected chi connectivity index (χ4v) is 4.00. The summed E-state index contributed by atoms with van der Waals surface area (Å²) in [5.74, 6) is 1.72. The normalized spacial score (nSPS) is 13.5. The molecule has 1 N–H and O–H groups in total. The average molecular weight is 375 g/mol. The number of nitrogens with one attached hydrogen (secondary N) is 1. The molecule has 1 aliphatic rings. The van der Waals surface area contributed by atoms with Crippen molar-refractivity contribution in [2.75, 3.05) is 25.5 Å². The first-order chi connectivity index (χ1) is 12.6. The van der Waals surface area contributed by atoms with Gasteiger partial charge in [-0.3, -0.25) is 0 Å². The summed E-state index contributed by atoms with van der Waals surface area (Å²) in [6.45, 7) is 1.65. The van der Waals surface area contributed by atoms with E-state index in [9.17, 15) is 8.42 Å². The Labute approximate surface area is 155 Å². The van der Waals surface area contributed by atoms with Gasteiger partial charge in [0.2, 0.25) is 10.0 Å². The number of hydrogen-bond acceptors (Lipinski definition) is 4. The van der Waals surface area contributed by atoms with Crippen LogP contribution in [0.15, 0.2) is 48.5 Å². The second-order valence-corrected chi connectivity index (χ2v) is 8.31. The molecule has 0 amide bonds. The molecule has 140 valence electrons. The van der Waals surface area contributed by atoms with Crippen molar-refractivity contribution in [1.82, 2.24) is 4.72 Å². The maximum absolute atomic E-state index is 12.1. The lowest BCUT2D eigenvalue weighted by Crippen LogP contribution is -2.28. The Morgan fingerprint density at radius 3 is 2.42 bits per heavy atom. The number of unbranched alkanes of at least 4 members (excludes halogenated alkanes) is 1. The molecular formula is C20H25NO4S. The standard InChI is InChI=1S/C20H25NO4S/c22-26(23,15-11-17-6-2-1-3-7-17)21-12-5-4-8-18-9-10-19-20(16-18)25-14-13-24-19/h1-3,6-7,9-10,16,21H,4-5,8,11-15H2. The number of benzene rings is 2. The van der Waals surface area contributed by atoms with Gasteiger partial charge in [-0.1, -0.05) is 36.4 Å². The van der Waals surface area contributed by atoms with Crippen molar-refractivity contribution >= 4 is 10.0 Å². The molecule has 2 aromatic rings. The van der Waals surface area contributed by atoms with Crippen LogP contribution in [-0.2, 0) is 22.9 Å². The van der Waals surface area contributed by atoms with Crippen molar-refractivity contribution in [2.45, 2.75) is 25.7 Å². The molecule has 0 unspecified atom stereocenters. The Morgan fingerprint density at radius 1 is 0.846 bits per heavy atom. The summed E-state index contributed by atoms with van der Waals surface area (Å²) < 4.78 is 37.9. The molecule has 2 aromatic carbocycles. The van der Waals surface area contributed by atoms with Gasteiger partial charge in [-0.2, -0.15) is 0 Å². The lowest BCUT2D eigenvalue weighted by molar-refractivity contribution is 0.171. The molecule has 0 aromatic heterocycles. The molecule has 1 aliphatic heterocycles. The van der Waals surface area contributed by atoms with E-state index in [0.29, 0.717) is 26.2 Å². The summed E-state index contributed by atoms with van der Waals surface area (Å²) in [6, 6.07) is 15.7. The molecule has 0 saturated heterocycles. The second kappa shape index (κ2) is 9.05. The van der Waals surface area contributed by atoms with E-state index >= 15 is 0 Å². The zero-order valence-corrected chi connectivity index (χ0v) is 15.6. The summed E-state index contributed by atoms with van der Waals surface area (Å²) in [5, 5.41) is 0. The zero-order valence-electron chi connectivity index (χ0n) is 14.8. The van der Waals surface area contributed by atoms with E-state index in [4.69, 9.17) is 9.47 Å². The van der Waals surface area contributed by atoms with Crippen LogP contribution in [0.5, 0.6) is 11.5 Å². The van der Waals surface area contributed by atoms with E-state index in [1.807, 2.05) is 48.5 Å². The summed E-state index contributed by atoms with van der Waals surface area (Å²) in [5.41, 5.74) is 2.22. The smallest absolute Gasteiger partial charge is 0.211 e. The quantitative estimate of drug-likeness (QED) is 0.685. The molecule has 0 saturated carbocycles. The maximum Gasteiger partial charge on any atom is 0.211 e. The van der Waals surface area contributed by atoms with E-state index in [0.717, 1.165) is 36.3 Å². The first-order valence-corrected chi connectivity index (χ1v) is 10.7. The van der Waals surface area contributed by atoms with Gasteiger partial charge in [-0.05, 0) is 48.9 Å². The highest BCUT2D eigenvalue weighted by Gasteiger charge is 2.12. The Balaban J connectivity index is 1.36. The first-order valence-electron chi connectivity index (χ1n) is 9.02. The van der Waals surface area contributed by atoms with Crippen molar-refractivity contribution in [1.29, 1.82) is 0 Å². The second-order valence-electron chi connectivity index (χ2n) is 6.38. The van der Waals surface area contributed by atoms with E-state index < -0.39 is 10.0 Å². The number of rotatable bonds is 9. The summed E-state index contributed by atoms with van der Waals surface area (Å²) in [7, 11) is -3.22. The predicted octanol–water partition coefficient (Wildman–Crippen LogP) is 2.94. The average Bonchev–Trinajstić information content (AvgIpc) is 2.67. The summed E-state index contributed by atoms with van der Waals surface area (Å²) in [4.78, 5) is 0. The van der Waals surface area contributed by atoms with Crippen molar-refractivity contribution in [3.05, 3.63) is 59.7 Å². The lowest BCUT2D eigenvalue weighted by Gasteiger charge is -2.18.